The van der Waals surface area contributed by atoms with E-state index in [-0.39, 0.29) is 23.3 Å². The number of fused-ring (bicyclic) bond motifs is 1. The summed E-state index contributed by atoms with van der Waals surface area (Å²) < 4.78 is 34.2. The second kappa shape index (κ2) is 3.32. The maximum Gasteiger partial charge on any atom is 0.586 e. The highest BCUT2D eigenvalue weighted by atomic mass is 35.5. The van der Waals surface area contributed by atoms with Crippen molar-refractivity contribution in [1.29, 1.82) is 0 Å². The molecule has 90 valence electrons. The van der Waals surface area contributed by atoms with Crippen molar-refractivity contribution in [2.75, 3.05) is 0 Å². The Hall–Kier alpha value is -1.36. The fraction of sp³-hybridized carbons (Fsp3) is 0.364. The number of rotatable bonds is 2. The van der Waals surface area contributed by atoms with Crippen LogP contribution in [0.4, 0.5) is 8.78 Å². The molecule has 0 bridgehead atoms. The molecule has 0 radical (unpaired) electrons. The Morgan fingerprint density at radius 1 is 1.35 bits per heavy atom. The van der Waals surface area contributed by atoms with Crippen molar-refractivity contribution >= 4 is 16.8 Å². The summed E-state index contributed by atoms with van der Waals surface area (Å²) in [6.07, 6.45) is -2.95. The molecule has 2 aliphatic rings. The Morgan fingerprint density at radius 2 is 2.06 bits per heavy atom. The summed E-state index contributed by atoms with van der Waals surface area (Å²) in [5.41, 5.74) is 0.768. The lowest BCUT2D eigenvalue weighted by Crippen LogP contribution is -2.25. The van der Waals surface area contributed by atoms with Gasteiger partial charge < -0.3 is 9.47 Å². The third kappa shape index (κ3) is 1.84. The van der Waals surface area contributed by atoms with E-state index in [0.717, 1.165) is 5.56 Å². The zero-order valence-electron chi connectivity index (χ0n) is 8.45. The Labute approximate surface area is 100 Å². The van der Waals surface area contributed by atoms with E-state index in [1.807, 2.05) is 0 Å². The van der Waals surface area contributed by atoms with Crippen LogP contribution in [-0.4, -0.2) is 11.5 Å². The largest absolute Gasteiger partial charge is 0.586 e. The second-order valence-electron chi connectivity index (χ2n) is 4.13. The van der Waals surface area contributed by atoms with Crippen molar-refractivity contribution in [3.05, 3.63) is 23.8 Å². The topological polar surface area (TPSA) is 35.5 Å². The second-order valence-corrected chi connectivity index (χ2v) is 4.50. The van der Waals surface area contributed by atoms with Crippen LogP contribution in [0.3, 0.4) is 0 Å². The van der Waals surface area contributed by atoms with Gasteiger partial charge in [0.25, 0.3) is 0 Å². The molecule has 3 nitrogen and oxygen atoms in total. The van der Waals surface area contributed by atoms with Crippen molar-refractivity contribution in [2.45, 2.75) is 18.6 Å². The standard InChI is InChI=1S/C11H7ClF2O3/c12-10(15)7-4-6(7)5-1-2-8-9(3-5)17-11(13,14)16-8/h1-3,6-7H,4H2. The summed E-state index contributed by atoms with van der Waals surface area (Å²) in [4.78, 5) is 10.9. The molecule has 1 fully saturated rings. The molecule has 1 aromatic rings. The van der Waals surface area contributed by atoms with Gasteiger partial charge in [0.05, 0.1) is 0 Å². The molecule has 1 aromatic carbocycles. The van der Waals surface area contributed by atoms with Crippen molar-refractivity contribution in [3.8, 4) is 11.5 Å². The zero-order valence-corrected chi connectivity index (χ0v) is 9.21. The molecule has 1 heterocycles. The lowest BCUT2D eigenvalue weighted by molar-refractivity contribution is -0.286. The van der Waals surface area contributed by atoms with Crippen LogP contribution in [0.1, 0.15) is 17.9 Å². The minimum atomic E-state index is -3.60. The SMILES string of the molecule is O=C(Cl)C1CC1c1ccc2c(c1)OC(F)(F)O2. The third-order valence-electron chi connectivity index (χ3n) is 2.94. The number of halogens is 3. The number of carbonyl (C=O) groups excluding carboxylic acids is 1. The summed E-state index contributed by atoms with van der Waals surface area (Å²) in [7, 11) is 0. The molecule has 3 rings (SSSR count). The molecule has 0 aromatic heterocycles. The Kier molecular flexibility index (Phi) is 2.10. The monoisotopic (exact) mass is 260 g/mol. The number of carbonyl (C=O) groups is 1. The van der Waals surface area contributed by atoms with Gasteiger partial charge in [-0.15, -0.1) is 8.78 Å². The first-order chi connectivity index (χ1) is 7.96. The molecule has 2 atom stereocenters. The van der Waals surface area contributed by atoms with Crippen LogP contribution in [0.2, 0.25) is 0 Å². The molecule has 0 saturated heterocycles. The number of alkyl halides is 2. The summed E-state index contributed by atoms with van der Waals surface area (Å²) in [6, 6.07) is 4.54. The minimum Gasteiger partial charge on any atom is -0.395 e. The highest BCUT2D eigenvalue weighted by Crippen LogP contribution is 2.51. The van der Waals surface area contributed by atoms with Crippen molar-refractivity contribution in [3.63, 3.8) is 0 Å². The molecule has 1 saturated carbocycles. The lowest BCUT2D eigenvalue weighted by atomic mass is 10.1. The Morgan fingerprint density at radius 3 is 2.71 bits per heavy atom. The maximum absolute atomic E-state index is 12.8. The van der Waals surface area contributed by atoms with Crippen LogP contribution >= 0.6 is 11.6 Å². The van der Waals surface area contributed by atoms with Gasteiger partial charge in [0.15, 0.2) is 11.5 Å². The van der Waals surface area contributed by atoms with Crippen molar-refractivity contribution < 1.29 is 23.0 Å². The van der Waals surface area contributed by atoms with E-state index in [4.69, 9.17) is 11.6 Å². The summed E-state index contributed by atoms with van der Waals surface area (Å²) >= 11 is 5.37. The van der Waals surface area contributed by atoms with Gasteiger partial charge in [-0.3, -0.25) is 4.79 Å². The van der Waals surface area contributed by atoms with E-state index in [2.05, 4.69) is 9.47 Å². The molecule has 2 unspecified atom stereocenters. The van der Waals surface area contributed by atoms with Crippen LogP contribution in [0.5, 0.6) is 11.5 Å². The van der Waals surface area contributed by atoms with E-state index in [1.54, 1.807) is 6.07 Å². The highest BCUT2D eigenvalue weighted by molar-refractivity contribution is 6.64. The summed E-state index contributed by atoms with van der Waals surface area (Å²) in [6.45, 7) is 0. The first-order valence-corrected chi connectivity index (χ1v) is 5.43. The predicted molar refractivity (Wildman–Crippen MR) is 54.4 cm³/mol. The van der Waals surface area contributed by atoms with E-state index < -0.39 is 11.5 Å². The first-order valence-electron chi connectivity index (χ1n) is 5.05. The molecule has 0 N–H and O–H groups in total. The van der Waals surface area contributed by atoms with Gasteiger partial charge in [-0.25, -0.2) is 0 Å². The number of benzene rings is 1. The third-order valence-corrected chi connectivity index (χ3v) is 3.22. The molecule has 0 spiro atoms. The zero-order chi connectivity index (χ0) is 12.2. The van der Waals surface area contributed by atoms with Crippen molar-refractivity contribution in [1.82, 2.24) is 0 Å². The minimum absolute atomic E-state index is 0.000159. The van der Waals surface area contributed by atoms with Crippen LogP contribution in [0.15, 0.2) is 18.2 Å². The maximum atomic E-state index is 12.8. The van der Waals surface area contributed by atoms with E-state index >= 15 is 0 Å². The Bertz CT molecular complexity index is 503. The van der Waals surface area contributed by atoms with Gasteiger partial charge in [0, 0.05) is 5.92 Å². The fourth-order valence-electron chi connectivity index (χ4n) is 2.01. The highest BCUT2D eigenvalue weighted by Gasteiger charge is 2.46. The summed E-state index contributed by atoms with van der Waals surface area (Å²) in [5.74, 6) is -0.200. The van der Waals surface area contributed by atoms with E-state index in [9.17, 15) is 13.6 Å². The average molecular weight is 261 g/mol. The van der Waals surface area contributed by atoms with E-state index in [1.165, 1.54) is 12.1 Å². The lowest BCUT2D eigenvalue weighted by Gasteiger charge is -2.04. The first kappa shape index (κ1) is 10.8. The fourth-order valence-corrected chi connectivity index (χ4v) is 2.25. The predicted octanol–water partition coefficient (Wildman–Crippen LogP) is 2.88. The normalized spacial score (nSPS) is 27.9. The van der Waals surface area contributed by atoms with Gasteiger partial charge >= 0.3 is 6.29 Å². The van der Waals surface area contributed by atoms with Crippen LogP contribution in [0.25, 0.3) is 0 Å². The van der Waals surface area contributed by atoms with Crippen LogP contribution in [0, 0.1) is 5.92 Å². The molecule has 1 aliphatic heterocycles. The van der Waals surface area contributed by atoms with Gasteiger partial charge in [0.1, 0.15) is 0 Å². The Balaban J connectivity index is 1.85. The van der Waals surface area contributed by atoms with Gasteiger partial charge in [-0.05, 0) is 41.6 Å². The molecule has 1 aliphatic carbocycles. The van der Waals surface area contributed by atoms with Crippen LogP contribution < -0.4 is 9.47 Å². The average Bonchev–Trinajstić information content (AvgIpc) is 2.94. The smallest absolute Gasteiger partial charge is 0.395 e. The molecular weight excluding hydrogens is 254 g/mol. The summed E-state index contributed by atoms with van der Waals surface area (Å²) in [5, 5.41) is -0.391. The van der Waals surface area contributed by atoms with Crippen LogP contribution in [-0.2, 0) is 4.79 Å². The molecule has 6 heteroatoms. The van der Waals surface area contributed by atoms with Gasteiger partial charge in [0.2, 0.25) is 5.24 Å². The molecular formula is C11H7ClF2O3. The van der Waals surface area contributed by atoms with E-state index in [0.29, 0.717) is 6.42 Å². The van der Waals surface area contributed by atoms with Crippen molar-refractivity contribution in [2.24, 2.45) is 5.92 Å². The number of hydrogen-bond acceptors (Lipinski definition) is 3. The van der Waals surface area contributed by atoms with Gasteiger partial charge in [-0.1, -0.05) is 6.07 Å². The number of hydrogen-bond donors (Lipinski definition) is 0. The molecule has 17 heavy (non-hydrogen) atoms. The molecule has 0 amide bonds. The van der Waals surface area contributed by atoms with Gasteiger partial charge in [-0.2, -0.15) is 0 Å². The quantitative estimate of drug-likeness (QED) is 0.767. The number of ether oxygens (including phenoxy) is 2.